The number of likely N-dealkylation sites (N-methyl/N-ethyl adjacent to an activating group) is 1. The number of para-hydroxylation sites is 1. The fourth-order valence-corrected chi connectivity index (χ4v) is 4.65. The first kappa shape index (κ1) is 22.0. The molecule has 0 aromatic heterocycles. The number of hydrogen-bond donors (Lipinski definition) is 1. The molecule has 0 spiro atoms. The van der Waals surface area contributed by atoms with Gasteiger partial charge in [-0.25, -0.2) is 12.8 Å². The minimum atomic E-state index is -3.88. The minimum Gasteiger partial charge on any atom is -0.369 e. The van der Waals surface area contributed by atoms with Crippen LogP contribution in [0.2, 0.25) is 0 Å². The largest absolute Gasteiger partial charge is 0.369 e. The molecule has 0 saturated carbocycles. The molecule has 1 saturated heterocycles. The van der Waals surface area contributed by atoms with Gasteiger partial charge in [-0.05, 0) is 50.4 Å². The molecule has 0 aliphatic carbocycles. The number of benzene rings is 2. The van der Waals surface area contributed by atoms with Gasteiger partial charge in [0.05, 0.1) is 11.9 Å². The lowest BCUT2D eigenvalue weighted by atomic mass is 10.2. The highest BCUT2D eigenvalue weighted by atomic mass is 32.2. The van der Waals surface area contributed by atoms with E-state index >= 15 is 0 Å². The van der Waals surface area contributed by atoms with Crippen LogP contribution in [0.3, 0.4) is 0 Å². The van der Waals surface area contributed by atoms with Crippen molar-refractivity contribution in [2.75, 3.05) is 54.0 Å². The summed E-state index contributed by atoms with van der Waals surface area (Å²) in [7, 11) is -1.79. The average Bonchev–Trinajstić information content (AvgIpc) is 2.70. The molecule has 2 aromatic carbocycles. The van der Waals surface area contributed by atoms with Crippen LogP contribution in [0.5, 0.6) is 0 Å². The maximum absolute atomic E-state index is 14.2. The van der Waals surface area contributed by atoms with Crippen LogP contribution in [-0.4, -0.2) is 64.7 Å². The summed E-state index contributed by atoms with van der Waals surface area (Å²) in [6.45, 7) is 5.29. The van der Waals surface area contributed by atoms with Crippen LogP contribution < -0.4 is 14.5 Å². The molecule has 1 unspecified atom stereocenters. The van der Waals surface area contributed by atoms with Crippen molar-refractivity contribution in [1.29, 1.82) is 0 Å². The highest BCUT2D eigenvalue weighted by molar-refractivity contribution is 7.92. The van der Waals surface area contributed by atoms with Crippen LogP contribution in [0.4, 0.5) is 21.5 Å². The Kier molecular flexibility index (Phi) is 6.62. The zero-order chi connectivity index (χ0) is 21.9. The monoisotopic (exact) mass is 434 g/mol. The van der Waals surface area contributed by atoms with E-state index in [0.717, 1.165) is 48.5 Å². The van der Waals surface area contributed by atoms with Crippen molar-refractivity contribution in [1.82, 2.24) is 4.90 Å². The molecule has 162 valence electrons. The van der Waals surface area contributed by atoms with Gasteiger partial charge in [-0.3, -0.25) is 9.10 Å². The Morgan fingerprint density at radius 2 is 1.67 bits per heavy atom. The fraction of sp³-hybridized carbons (Fsp3) is 0.381. The second kappa shape index (κ2) is 9.01. The van der Waals surface area contributed by atoms with E-state index in [1.807, 2.05) is 12.1 Å². The Hall–Kier alpha value is -2.65. The van der Waals surface area contributed by atoms with Crippen LogP contribution in [0, 0.1) is 5.82 Å². The lowest BCUT2D eigenvalue weighted by molar-refractivity contribution is -0.116. The zero-order valence-corrected chi connectivity index (χ0v) is 18.2. The Morgan fingerprint density at radius 1 is 1.07 bits per heavy atom. The number of piperazine rings is 1. The molecular formula is C21H27FN4O3S. The van der Waals surface area contributed by atoms with Crippen LogP contribution in [-0.2, 0) is 14.8 Å². The number of nitrogens with zero attached hydrogens (tertiary/aromatic N) is 3. The van der Waals surface area contributed by atoms with E-state index in [2.05, 4.69) is 22.2 Å². The number of hydrogen-bond acceptors (Lipinski definition) is 5. The number of halogens is 1. The first-order valence-electron chi connectivity index (χ1n) is 9.75. The summed E-state index contributed by atoms with van der Waals surface area (Å²) in [6, 6.07) is 11.8. The molecule has 30 heavy (non-hydrogen) atoms. The van der Waals surface area contributed by atoms with Gasteiger partial charge in [-0.15, -0.1) is 0 Å². The predicted molar refractivity (Wildman–Crippen MR) is 118 cm³/mol. The predicted octanol–water partition coefficient (Wildman–Crippen LogP) is 2.37. The smallest absolute Gasteiger partial charge is 0.247 e. The highest BCUT2D eigenvalue weighted by Crippen LogP contribution is 2.25. The zero-order valence-electron chi connectivity index (χ0n) is 17.4. The number of carbonyl (C=O) groups excluding carboxylic acids is 1. The van der Waals surface area contributed by atoms with Gasteiger partial charge in [-0.2, -0.15) is 0 Å². The standard InChI is InChI=1S/C21H27FN4O3S/c1-16(26(30(3,28)29)20-7-5-4-6-19(20)22)21(27)23-17-8-10-18(11-9-17)25-14-12-24(2)13-15-25/h4-11,16H,12-15H2,1-3H3,(H,23,27). The third kappa shape index (κ3) is 5.09. The van der Waals surface area contributed by atoms with Crippen molar-refractivity contribution in [2.45, 2.75) is 13.0 Å². The second-order valence-corrected chi connectivity index (χ2v) is 9.37. The topological polar surface area (TPSA) is 73.0 Å². The lowest BCUT2D eigenvalue weighted by Gasteiger charge is -2.34. The molecule has 2 aromatic rings. The van der Waals surface area contributed by atoms with Gasteiger partial charge in [0, 0.05) is 37.6 Å². The molecule has 1 heterocycles. The molecule has 1 atom stereocenters. The van der Waals surface area contributed by atoms with Crippen molar-refractivity contribution >= 4 is 33.0 Å². The van der Waals surface area contributed by atoms with Crippen LogP contribution in [0.15, 0.2) is 48.5 Å². The molecule has 1 aliphatic heterocycles. The van der Waals surface area contributed by atoms with Gasteiger partial charge in [0.1, 0.15) is 11.9 Å². The summed E-state index contributed by atoms with van der Waals surface area (Å²) in [5.74, 6) is -1.25. The lowest BCUT2D eigenvalue weighted by Crippen LogP contribution is -2.45. The van der Waals surface area contributed by atoms with Gasteiger partial charge < -0.3 is 15.1 Å². The Labute approximate surface area is 177 Å². The molecule has 3 rings (SSSR count). The number of anilines is 3. The maximum atomic E-state index is 14.2. The van der Waals surface area contributed by atoms with E-state index in [4.69, 9.17) is 0 Å². The van der Waals surface area contributed by atoms with Gasteiger partial charge in [0.15, 0.2) is 0 Å². The Balaban J connectivity index is 1.73. The molecule has 1 aliphatic rings. The molecule has 1 N–H and O–H groups in total. The van der Waals surface area contributed by atoms with Crippen molar-refractivity contribution in [3.8, 4) is 0 Å². The molecular weight excluding hydrogens is 407 g/mol. The van der Waals surface area contributed by atoms with Gasteiger partial charge >= 0.3 is 0 Å². The minimum absolute atomic E-state index is 0.159. The number of sulfonamides is 1. The Morgan fingerprint density at radius 3 is 2.23 bits per heavy atom. The number of rotatable bonds is 6. The first-order chi connectivity index (χ1) is 14.2. The summed E-state index contributed by atoms with van der Waals surface area (Å²) >= 11 is 0. The maximum Gasteiger partial charge on any atom is 0.247 e. The number of nitrogens with one attached hydrogen (secondary N) is 1. The SMILES string of the molecule is CC(C(=O)Nc1ccc(N2CCN(C)CC2)cc1)N(c1ccccc1F)S(C)(=O)=O. The van der Waals surface area contributed by atoms with E-state index in [1.54, 1.807) is 12.1 Å². The quantitative estimate of drug-likeness (QED) is 0.756. The Bertz CT molecular complexity index is 990. The van der Waals surface area contributed by atoms with Gasteiger partial charge in [-0.1, -0.05) is 12.1 Å². The summed E-state index contributed by atoms with van der Waals surface area (Å²) in [6.07, 6.45) is 0.952. The van der Waals surface area contributed by atoms with Crippen molar-refractivity contribution in [3.63, 3.8) is 0 Å². The third-order valence-corrected chi connectivity index (χ3v) is 6.41. The van der Waals surface area contributed by atoms with Crippen LogP contribution in [0.25, 0.3) is 0 Å². The van der Waals surface area contributed by atoms with E-state index in [0.29, 0.717) is 5.69 Å². The molecule has 1 fully saturated rings. The highest BCUT2D eigenvalue weighted by Gasteiger charge is 2.31. The number of amides is 1. The summed E-state index contributed by atoms with van der Waals surface area (Å²) in [5.41, 5.74) is 1.46. The summed E-state index contributed by atoms with van der Waals surface area (Å²) in [4.78, 5) is 17.3. The summed E-state index contributed by atoms with van der Waals surface area (Å²) < 4.78 is 39.6. The van der Waals surface area contributed by atoms with E-state index in [-0.39, 0.29) is 5.69 Å². The van der Waals surface area contributed by atoms with Crippen molar-refractivity contribution < 1.29 is 17.6 Å². The van der Waals surface area contributed by atoms with Crippen LogP contribution in [0.1, 0.15) is 6.92 Å². The van der Waals surface area contributed by atoms with E-state index in [1.165, 1.54) is 25.1 Å². The molecule has 7 nitrogen and oxygen atoms in total. The average molecular weight is 435 g/mol. The fourth-order valence-electron chi connectivity index (χ4n) is 3.48. The van der Waals surface area contributed by atoms with Gasteiger partial charge in [0.25, 0.3) is 0 Å². The second-order valence-electron chi connectivity index (χ2n) is 7.51. The van der Waals surface area contributed by atoms with E-state index < -0.39 is 27.8 Å². The molecule has 0 radical (unpaired) electrons. The molecule has 9 heteroatoms. The summed E-state index contributed by atoms with van der Waals surface area (Å²) in [5, 5.41) is 2.73. The molecule has 1 amide bonds. The number of carbonyl (C=O) groups is 1. The molecule has 0 bridgehead atoms. The van der Waals surface area contributed by atoms with Crippen molar-refractivity contribution in [3.05, 3.63) is 54.3 Å². The van der Waals surface area contributed by atoms with Gasteiger partial charge in [0.2, 0.25) is 15.9 Å². The van der Waals surface area contributed by atoms with Crippen molar-refractivity contribution in [2.24, 2.45) is 0 Å². The van der Waals surface area contributed by atoms with Crippen LogP contribution >= 0.6 is 0 Å². The first-order valence-corrected chi connectivity index (χ1v) is 11.6. The third-order valence-electron chi connectivity index (χ3n) is 5.18. The normalized spacial score (nSPS) is 16.2. The van der Waals surface area contributed by atoms with E-state index in [9.17, 15) is 17.6 Å².